The molecule has 3 N–H and O–H groups in total. The Kier molecular flexibility index (Phi) is 7.19. The topological polar surface area (TPSA) is 73.6 Å². The van der Waals surface area contributed by atoms with Crippen LogP contribution in [0.4, 0.5) is 0 Å². The van der Waals surface area contributed by atoms with Gasteiger partial charge in [0.05, 0.1) is 0 Å². The Bertz CT molecular complexity index is 461. The maximum atomic E-state index is 12.0. The zero-order valence-electron chi connectivity index (χ0n) is 13.3. The number of hydrogen-bond donors (Lipinski definition) is 2. The van der Waals surface area contributed by atoms with Gasteiger partial charge in [-0.05, 0) is 38.8 Å². The second kappa shape index (κ2) is 8.64. The second-order valence-electron chi connectivity index (χ2n) is 5.23. The molecule has 5 nitrogen and oxygen atoms in total. The lowest BCUT2D eigenvalue weighted by Crippen LogP contribution is -2.37. The molecule has 5 heteroatoms. The van der Waals surface area contributed by atoms with Crippen LogP contribution in [-0.4, -0.2) is 32.3 Å². The van der Waals surface area contributed by atoms with E-state index >= 15 is 0 Å². The molecule has 1 amide bonds. The van der Waals surface area contributed by atoms with Crippen LogP contribution in [0, 0.1) is 6.92 Å². The molecule has 0 saturated carbocycles. The van der Waals surface area contributed by atoms with E-state index in [2.05, 4.69) is 5.32 Å². The third kappa shape index (κ3) is 5.73. The average Bonchev–Trinajstić information content (AvgIpc) is 2.43. The highest BCUT2D eigenvalue weighted by atomic mass is 16.5. The molecule has 0 radical (unpaired) electrons. The molecule has 1 aromatic rings. The summed E-state index contributed by atoms with van der Waals surface area (Å²) in [5.74, 6) is 0.535. The first-order valence-electron chi connectivity index (χ1n) is 7.25. The summed E-state index contributed by atoms with van der Waals surface area (Å²) in [6, 6.07) is 5.70. The largest absolute Gasteiger partial charge is 0.481 e. The molecule has 0 aliphatic carbocycles. The smallest absolute Gasteiger partial charge is 0.260 e. The van der Waals surface area contributed by atoms with Crippen LogP contribution in [0.2, 0.25) is 0 Å². The van der Waals surface area contributed by atoms with Gasteiger partial charge >= 0.3 is 0 Å². The molecule has 0 aliphatic rings. The van der Waals surface area contributed by atoms with Gasteiger partial charge in [0, 0.05) is 31.9 Å². The maximum Gasteiger partial charge on any atom is 0.260 e. The van der Waals surface area contributed by atoms with Gasteiger partial charge < -0.3 is 20.5 Å². The molecule has 0 aromatic heterocycles. The average molecular weight is 294 g/mol. The highest BCUT2D eigenvalue weighted by Crippen LogP contribution is 2.26. The van der Waals surface area contributed by atoms with Gasteiger partial charge in [-0.25, -0.2) is 0 Å². The van der Waals surface area contributed by atoms with Crippen molar-refractivity contribution in [2.45, 2.75) is 39.3 Å². The normalized spacial score (nSPS) is 13.6. The van der Waals surface area contributed by atoms with Crippen LogP contribution in [-0.2, 0) is 9.53 Å². The highest BCUT2D eigenvalue weighted by Gasteiger charge is 2.17. The van der Waals surface area contributed by atoms with Gasteiger partial charge in [-0.15, -0.1) is 0 Å². The molecular formula is C16H26N2O3. The van der Waals surface area contributed by atoms with Crippen LogP contribution >= 0.6 is 0 Å². The predicted molar refractivity (Wildman–Crippen MR) is 83.4 cm³/mol. The minimum absolute atomic E-state index is 0.136. The summed E-state index contributed by atoms with van der Waals surface area (Å²) in [6.45, 7) is 6.82. The van der Waals surface area contributed by atoms with Gasteiger partial charge in [-0.1, -0.05) is 12.1 Å². The molecular weight excluding hydrogens is 268 g/mol. The fraction of sp³-hybridized carbons (Fsp3) is 0.562. The Morgan fingerprint density at radius 3 is 2.71 bits per heavy atom. The van der Waals surface area contributed by atoms with Crippen molar-refractivity contribution < 1.29 is 14.3 Å². The fourth-order valence-electron chi connectivity index (χ4n) is 1.94. The summed E-state index contributed by atoms with van der Waals surface area (Å²) in [7, 11) is 1.64. The van der Waals surface area contributed by atoms with Gasteiger partial charge in [0.25, 0.3) is 5.91 Å². The molecule has 1 rings (SSSR count). The van der Waals surface area contributed by atoms with Crippen molar-refractivity contribution in [3.05, 3.63) is 29.3 Å². The lowest BCUT2D eigenvalue weighted by molar-refractivity contribution is -0.127. The van der Waals surface area contributed by atoms with E-state index in [4.69, 9.17) is 15.2 Å². The van der Waals surface area contributed by atoms with Crippen molar-refractivity contribution >= 4 is 5.91 Å². The van der Waals surface area contributed by atoms with Gasteiger partial charge in [0.2, 0.25) is 0 Å². The van der Waals surface area contributed by atoms with Crippen LogP contribution in [0.15, 0.2) is 18.2 Å². The molecule has 0 aliphatic heterocycles. The number of carbonyl (C=O) groups is 1. The van der Waals surface area contributed by atoms with E-state index in [0.717, 1.165) is 17.5 Å². The monoisotopic (exact) mass is 294 g/mol. The van der Waals surface area contributed by atoms with E-state index < -0.39 is 6.10 Å². The summed E-state index contributed by atoms with van der Waals surface area (Å²) in [5, 5.41) is 2.83. The summed E-state index contributed by atoms with van der Waals surface area (Å²) in [5.41, 5.74) is 7.91. The van der Waals surface area contributed by atoms with E-state index in [9.17, 15) is 4.79 Å². The number of ether oxygens (including phenoxy) is 2. The zero-order valence-corrected chi connectivity index (χ0v) is 13.3. The Balaban J connectivity index is 2.63. The van der Waals surface area contributed by atoms with Crippen LogP contribution in [0.3, 0.4) is 0 Å². The van der Waals surface area contributed by atoms with E-state index in [-0.39, 0.29) is 11.9 Å². The first-order chi connectivity index (χ1) is 9.95. The molecule has 0 spiro atoms. The Labute approximate surface area is 126 Å². The minimum atomic E-state index is -0.563. The third-order valence-electron chi connectivity index (χ3n) is 3.16. The number of nitrogens with one attached hydrogen (secondary N) is 1. The van der Waals surface area contributed by atoms with Gasteiger partial charge in [0.1, 0.15) is 5.75 Å². The molecule has 2 atom stereocenters. The number of benzene rings is 1. The van der Waals surface area contributed by atoms with Crippen molar-refractivity contribution in [3.8, 4) is 5.75 Å². The number of methoxy groups -OCH3 is 1. The lowest BCUT2D eigenvalue weighted by Gasteiger charge is -2.19. The molecule has 0 saturated heterocycles. The van der Waals surface area contributed by atoms with E-state index in [1.807, 2.05) is 32.0 Å². The van der Waals surface area contributed by atoms with E-state index in [1.54, 1.807) is 14.0 Å². The highest BCUT2D eigenvalue weighted by molar-refractivity contribution is 5.80. The van der Waals surface area contributed by atoms with E-state index in [0.29, 0.717) is 18.9 Å². The first-order valence-corrected chi connectivity index (χ1v) is 7.25. The van der Waals surface area contributed by atoms with Crippen molar-refractivity contribution in [2.24, 2.45) is 5.73 Å². The number of carbonyl (C=O) groups excluding carboxylic acids is 1. The Morgan fingerprint density at radius 1 is 1.38 bits per heavy atom. The zero-order chi connectivity index (χ0) is 15.8. The number of hydrogen-bond acceptors (Lipinski definition) is 4. The second-order valence-corrected chi connectivity index (χ2v) is 5.23. The minimum Gasteiger partial charge on any atom is -0.481 e. The number of nitrogens with two attached hydrogens (primary N) is 1. The van der Waals surface area contributed by atoms with Crippen LogP contribution < -0.4 is 15.8 Å². The molecule has 21 heavy (non-hydrogen) atoms. The summed E-state index contributed by atoms with van der Waals surface area (Å²) < 4.78 is 10.7. The summed E-state index contributed by atoms with van der Waals surface area (Å²) >= 11 is 0. The number of rotatable bonds is 8. The molecule has 1 aromatic carbocycles. The van der Waals surface area contributed by atoms with Gasteiger partial charge in [-0.2, -0.15) is 0 Å². The first kappa shape index (κ1) is 17.5. The van der Waals surface area contributed by atoms with Crippen molar-refractivity contribution in [3.63, 3.8) is 0 Å². The van der Waals surface area contributed by atoms with Gasteiger partial charge in [0.15, 0.2) is 6.10 Å². The number of aryl methyl sites for hydroxylation is 1. The lowest BCUT2D eigenvalue weighted by atomic mass is 10.1. The standard InChI is InChI=1S/C16H26N2O3/c1-11-6-7-14(12(2)17)15(10-11)21-13(3)16(19)18-8-5-9-20-4/h6-7,10,12-13H,5,8-9,17H2,1-4H3,(H,18,19)/t12-,13?/m1/s1. The van der Waals surface area contributed by atoms with Crippen LogP contribution in [0.5, 0.6) is 5.75 Å². The number of amides is 1. The van der Waals surface area contributed by atoms with E-state index in [1.165, 1.54) is 0 Å². The van der Waals surface area contributed by atoms with Crippen LogP contribution in [0.1, 0.15) is 37.4 Å². The molecule has 0 bridgehead atoms. The Hall–Kier alpha value is -1.59. The van der Waals surface area contributed by atoms with Gasteiger partial charge in [-0.3, -0.25) is 4.79 Å². The van der Waals surface area contributed by atoms with Crippen molar-refractivity contribution in [2.75, 3.05) is 20.3 Å². The Morgan fingerprint density at radius 2 is 2.10 bits per heavy atom. The summed E-state index contributed by atoms with van der Waals surface area (Å²) in [6.07, 6.45) is 0.219. The molecule has 0 heterocycles. The molecule has 1 unspecified atom stereocenters. The third-order valence-corrected chi connectivity index (χ3v) is 3.16. The van der Waals surface area contributed by atoms with Crippen molar-refractivity contribution in [1.82, 2.24) is 5.32 Å². The maximum absolute atomic E-state index is 12.0. The molecule has 0 fully saturated rings. The molecule has 118 valence electrons. The predicted octanol–water partition coefficient (Wildman–Crippen LogP) is 1.93. The fourth-order valence-corrected chi connectivity index (χ4v) is 1.94. The summed E-state index contributed by atoms with van der Waals surface area (Å²) in [4.78, 5) is 12.0. The SMILES string of the molecule is COCCCNC(=O)C(C)Oc1cc(C)ccc1[C@@H](C)N. The van der Waals surface area contributed by atoms with Crippen molar-refractivity contribution in [1.29, 1.82) is 0 Å². The quantitative estimate of drug-likeness (QED) is 0.719. The van der Waals surface area contributed by atoms with Crippen LogP contribution in [0.25, 0.3) is 0 Å².